The highest BCUT2D eigenvalue weighted by molar-refractivity contribution is 8.18. The van der Waals surface area contributed by atoms with Crippen LogP contribution in [0.3, 0.4) is 0 Å². The van der Waals surface area contributed by atoms with Gasteiger partial charge in [0.1, 0.15) is 0 Å². The van der Waals surface area contributed by atoms with E-state index in [4.69, 9.17) is 5.11 Å². The van der Waals surface area contributed by atoms with Crippen molar-refractivity contribution in [1.82, 2.24) is 5.32 Å². The average Bonchev–Trinajstić information content (AvgIpc) is 3.30. The third-order valence-electron chi connectivity index (χ3n) is 5.39. The minimum atomic E-state index is -0.912. The number of imide groups is 1. The fraction of sp³-hybridized carbons (Fsp3) is 0.0385. The molecule has 0 radical (unpaired) electrons. The molecule has 0 aliphatic carbocycles. The molecule has 9 heteroatoms. The molecule has 0 aromatic heterocycles. The summed E-state index contributed by atoms with van der Waals surface area (Å²) in [6.07, 6.45) is 1.59. The standard InChI is InChI=1S/C26H17N3O5S/c30-22(31)14-15-8-10-17(11-9-15)27-26-28-23(32)21(35-26)13-16-4-3-5-18(12-16)29-24(33)19-6-1-2-7-20(19)25(29)34/h1-13H,14H2,(H,30,31)(H,27,28,32)/b21-13-. The number of nitrogens with zero attached hydrogens (tertiary/aromatic N) is 2. The molecule has 0 saturated carbocycles. The van der Waals surface area contributed by atoms with Crippen molar-refractivity contribution in [3.63, 3.8) is 0 Å². The summed E-state index contributed by atoms with van der Waals surface area (Å²) in [5.74, 6) is -1.99. The number of hydrogen-bond donors (Lipinski definition) is 2. The molecule has 3 amide bonds. The topological polar surface area (TPSA) is 116 Å². The number of rotatable bonds is 5. The van der Waals surface area contributed by atoms with Crippen LogP contribution in [0, 0.1) is 0 Å². The first-order valence-electron chi connectivity index (χ1n) is 10.6. The van der Waals surface area contributed by atoms with E-state index in [1.54, 1.807) is 78.9 Å². The number of hydrogen-bond acceptors (Lipinski definition) is 6. The fourth-order valence-corrected chi connectivity index (χ4v) is 4.63. The first kappa shape index (κ1) is 22.3. The number of fused-ring (bicyclic) bond motifs is 1. The van der Waals surface area contributed by atoms with Crippen molar-refractivity contribution >= 4 is 58.1 Å². The number of carboxylic acid groups (broad SMARTS) is 1. The molecular formula is C26H17N3O5S. The monoisotopic (exact) mass is 483 g/mol. The van der Waals surface area contributed by atoms with Crippen LogP contribution in [-0.2, 0) is 16.0 Å². The van der Waals surface area contributed by atoms with Crippen LogP contribution in [0.25, 0.3) is 6.08 Å². The molecule has 172 valence electrons. The highest BCUT2D eigenvalue weighted by atomic mass is 32.2. The highest BCUT2D eigenvalue weighted by Crippen LogP contribution is 2.31. The molecule has 0 atom stereocenters. The van der Waals surface area contributed by atoms with Gasteiger partial charge in [0.25, 0.3) is 17.7 Å². The van der Waals surface area contributed by atoms with Crippen molar-refractivity contribution in [2.45, 2.75) is 6.42 Å². The van der Waals surface area contributed by atoms with Crippen LogP contribution in [-0.4, -0.2) is 34.0 Å². The van der Waals surface area contributed by atoms with Crippen molar-refractivity contribution in [3.8, 4) is 0 Å². The number of benzene rings is 3. The van der Waals surface area contributed by atoms with Gasteiger partial charge in [0.2, 0.25) is 0 Å². The third-order valence-corrected chi connectivity index (χ3v) is 6.30. The summed E-state index contributed by atoms with van der Waals surface area (Å²) in [5, 5.41) is 12.0. The minimum Gasteiger partial charge on any atom is -0.481 e. The number of aliphatic carboxylic acids is 1. The predicted octanol–water partition coefficient (Wildman–Crippen LogP) is 4.01. The quantitative estimate of drug-likeness (QED) is 0.419. The fourth-order valence-electron chi connectivity index (χ4n) is 3.79. The van der Waals surface area contributed by atoms with Gasteiger partial charge in [-0.15, -0.1) is 0 Å². The van der Waals surface area contributed by atoms with Gasteiger partial charge in [0.15, 0.2) is 5.17 Å². The van der Waals surface area contributed by atoms with E-state index >= 15 is 0 Å². The van der Waals surface area contributed by atoms with E-state index in [1.165, 1.54) is 0 Å². The second-order valence-corrected chi connectivity index (χ2v) is 8.84. The molecule has 2 aliphatic heterocycles. The Morgan fingerprint density at radius 3 is 2.29 bits per heavy atom. The molecule has 2 heterocycles. The van der Waals surface area contributed by atoms with E-state index in [-0.39, 0.29) is 24.1 Å². The van der Waals surface area contributed by atoms with Gasteiger partial charge in [0.05, 0.1) is 33.8 Å². The lowest BCUT2D eigenvalue weighted by atomic mass is 10.1. The molecular weight excluding hydrogens is 466 g/mol. The first-order chi connectivity index (χ1) is 16.9. The van der Waals surface area contributed by atoms with Crippen molar-refractivity contribution in [2.24, 2.45) is 4.99 Å². The van der Waals surface area contributed by atoms with Crippen molar-refractivity contribution in [1.29, 1.82) is 0 Å². The molecule has 1 fully saturated rings. The number of thioether (sulfide) groups is 1. The number of carbonyl (C=O) groups excluding carboxylic acids is 3. The Morgan fingerprint density at radius 2 is 1.63 bits per heavy atom. The van der Waals surface area contributed by atoms with Crippen molar-refractivity contribution < 1.29 is 24.3 Å². The van der Waals surface area contributed by atoms with Gasteiger partial charge in [-0.05, 0) is 65.4 Å². The number of carbonyl (C=O) groups is 4. The molecule has 3 aromatic carbocycles. The second kappa shape index (κ2) is 9.03. The van der Waals surface area contributed by atoms with Crippen LogP contribution in [0.15, 0.2) is 82.7 Å². The van der Waals surface area contributed by atoms with Gasteiger partial charge in [-0.2, -0.15) is 0 Å². The van der Waals surface area contributed by atoms with Gasteiger partial charge in [-0.25, -0.2) is 9.89 Å². The van der Waals surface area contributed by atoms with E-state index in [0.717, 1.165) is 16.7 Å². The van der Waals surface area contributed by atoms with Gasteiger partial charge in [-0.3, -0.25) is 19.2 Å². The third kappa shape index (κ3) is 4.49. The lowest BCUT2D eigenvalue weighted by molar-refractivity contribution is -0.136. The zero-order valence-electron chi connectivity index (χ0n) is 18.1. The van der Waals surface area contributed by atoms with Crippen molar-refractivity contribution in [3.05, 3.63) is 100.0 Å². The normalized spacial score (nSPS) is 17.3. The summed E-state index contributed by atoms with van der Waals surface area (Å²) >= 11 is 1.16. The summed E-state index contributed by atoms with van der Waals surface area (Å²) in [4.78, 5) is 54.8. The van der Waals surface area contributed by atoms with Crippen LogP contribution in [0.2, 0.25) is 0 Å². The van der Waals surface area contributed by atoms with E-state index in [0.29, 0.717) is 43.7 Å². The van der Waals surface area contributed by atoms with Gasteiger partial charge in [-0.1, -0.05) is 36.4 Å². The Morgan fingerprint density at radius 1 is 0.943 bits per heavy atom. The summed E-state index contributed by atoms with van der Waals surface area (Å²) in [6.45, 7) is 0. The van der Waals surface area contributed by atoms with Crippen LogP contribution >= 0.6 is 11.8 Å². The minimum absolute atomic E-state index is 0.0744. The summed E-state index contributed by atoms with van der Waals surface area (Å²) in [5.41, 5.74) is 3.03. The Hall–Kier alpha value is -4.50. The number of amidine groups is 1. The maximum atomic E-state index is 12.8. The maximum absolute atomic E-state index is 12.8. The van der Waals surface area contributed by atoms with Crippen molar-refractivity contribution in [2.75, 3.05) is 4.90 Å². The zero-order chi connectivity index (χ0) is 24.5. The van der Waals surface area contributed by atoms with Crippen LogP contribution in [0.1, 0.15) is 31.8 Å². The number of nitrogens with one attached hydrogen (secondary N) is 1. The van der Waals surface area contributed by atoms with Gasteiger partial charge >= 0.3 is 5.97 Å². The smallest absolute Gasteiger partial charge is 0.307 e. The van der Waals surface area contributed by atoms with Gasteiger partial charge in [0, 0.05) is 0 Å². The Labute approximate surface area is 204 Å². The van der Waals surface area contributed by atoms with Crippen LogP contribution in [0.5, 0.6) is 0 Å². The molecule has 5 rings (SSSR count). The largest absolute Gasteiger partial charge is 0.481 e. The van der Waals surface area contributed by atoms with E-state index < -0.39 is 5.97 Å². The Bertz CT molecular complexity index is 1420. The number of anilines is 1. The number of amides is 3. The Balaban J connectivity index is 1.35. The highest BCUT2D eigenvalue weighted by Gasteiger charge is 2.36. The molecule has 8 nitrogen and oxygen atoms in total. The predicted molar refractivity (Wildman–Crippen MR) is 133 cm³/mol. The molecule has 1 saturated heterocycles. The molecule has 2 N–H and O–H groups in total. The summed E-state index contributed by atoms with van der Waals surface area (Å²) in [7, 11) is 0. The van der Waals surface area contributed by atoms with E-state index in [2.05, 4.69) is 10.3 Å². The summed E-state index contributed by atoms with van der Waals surface area (Å²) < 4.78 is 0. The van der Waals surface area contributed by atoms with Crippen LogP contribution < -0.4 is 10.2 Å². The zero-order valence-corrected chi connectivity index (χ0v) is 18.9. The SMILES string of the molecule is O=C(O)Cc1ccc(N=C2NC(=O)/C(=C/c3cccc(N4C(=O)c5ccccc5C4=O)c3)S2)cc1. The first-order valence-corrected chi connectivity index (χ1v) is 11.4. The average molecular weight is 484 g/mol. The summed E-state index contributed by atoms with van der Waals surface area (Å²) in [6, 6.07) is 20.3. The molecule has 0 spiro atoms. The molecule has 35 heavy (non-hydrogen) atoms. The van der Waals surface area contributed by atoms with E-state index in [9.17, 15) is 19.2 Å². The van der Waals surface area contributed by atoms with E-state index in [1.807, 2.05) is 0 Å². The molecule has 0 unspecified atom stereocenters. The molecule has 0 bridgehead atoms. The van der Waals surface area contributed by atoms with Gasteiger partial charge < -0.3 is 10.4 Å². The Kier molecular flexibility index (Phi) is 5.76. The maximum Gasteiger partial charge on any atom is 0.307 e. The number of carboxylic acids is 1. The van der Waals surface area contributed by atoms with Crippen LogP contribution in [0.4, 0.5) is 11.4 Å². The molecule has 2 aliphatic rings. The number of aliphatic imine (C=N–C) groups is 1. The second-order valence-electron chi connectivity index (χ2n) is 7.80. The molecule has 3 aromatic rings. The lowest BCUT2D eigenvalue weighted by Gasteiger charge is -2.14. The lowest BCUT2D eigenvalue weighted by Crippen LogP contribution is -2.29.